The van der Waals surface area contributed by atoms with Gasteiger partial charge in [-0.1, -0.05) is 95.3 Å². The average Bonchev–Trinajstić information content (AvgIpc) is 3.66. The molecule has 3 amide bonds. The predicted octanol–water partition coefficient (Wildman–Crippen LogP) is 10.0. The first-order valence-electron chi connectivity index (χ1n) is 24.3. The standard InChI is InChI=1S/C54H75N3O8/c1-34(2)37-21-26-54(46(60)57-32-36-17-13-14-18-38(36)45(59)55-29-30-56-48(63)64-33-35-15-11-10-12-16-35)28-27-52(8)39(44(37)54)19-20-41-51(7)24-23-42(65-43(58)31-49(3,4)47(61)62)50(5,6)40(51)22-25-53(41,52)9/h10-18,37,39-42,44H,1,19-33H2,2-9H3,(H,55,59)(H,56,63)(H,57,60)(H,61,62)/t37-,39+,40-,41+,42-,44+,51-,52+,53+,54-/m0/s1. The number of carbonyl (C=O) groups excluding carboxylic acids is 4. The first-order chi connectivity index (χ1) is 30.6. The molecule has 2 aromatic rings. The first kappa shape index (κ1) is 48.3. The number of hydrogen-bond acceptors (Lipinski definition) is 7. The highest BCUT2D eigenvalue weighted by Crippen LogP contribution is 2.77. The Morgan fingerprint density at radius 2 is 1.46 bits per heavy atom. The van der Waals surface area contributed by atoms with Gasteiger partial charge in [-0.3, -0.25) is 19.2 Å². The fourth-order valence-corrected chi connectivity index (χ4v) is 14.8. The van der Waals surface area contributed by atoms with E-state index in [0.717, 1.165) is 75.3 Å². The van der Waals surface area contributed by atoms with Gasteiger partial charge >= 0.3 is 18.0 Å². The minimum Gasteiger partial charge on any atom is -0.481 e. The number of rotatable bonds is 14. The first-order valence-corrected chi connectivity index (χ1v) is 24.3. The van der Waals surface area contributed by atoms with E-state index in [9.17, 15) is 29.1 Å². The average molecular weight is 894 g/mol. The van der Waals surface area contributed by atoms with Crippen molar-refractivity contribution in [1.29, 1.82) is 0 Å². The van der Waals surface area contributed by atoms with Crippen molar-refractivity contribution in [3.05, 3.63) is 83.4 Å². The van der Waals surface area contributed by atoms with E-state index in [0.29, 0.717) is 23.3 Å². The van der Waals surface area contributed by atoms with Crippen molar-refractivity contribution in [2.45, 2.75) is 145 Å². The third-order valence-electron chi connectivity index (χ3n) is 18.5. The van der Waals surface area contributed by atoms with E-state index in [-0.39, 0.29) is 84.1 Å². The van der Waals surface area contributed by atoms with Crippen LogP contribution in [0.1, 0.15) is 148 Å². The number of fused-ring (bicyclic) bond motifs is 7. The molecule has 354 valence electrons. The maximum absolute atomic E-state index is 15.0. The van der Waals surface area contributed by atoms with E-state index in [1.807, 2.05) is 48.5 Å². The molecule has 5 aliphatic rings. The highest BCUT2D eigenvalue weighted by Gasteiger charge is 2.72. The summed E-state index contributed by atoms with van der Waals surface area (Å²) in [5.74, 6) is 0.0161. The summed E-state index contributed by atoms with van der Waals surface area (Å²) in [6.07, 6.45) is 8.63. The number of carboxylic acids is 1. The second-order valence-corrected chi connectivity index (χ2v) is 22.6. The Morgan fingerprint density at radius 3 is 2.17 bits per heavy atom. The number of amides is 3. The Balaban J connectivity index is 1.02. The van der Waals surface area contributed by atoms with Gasteiger partial charge in [-0.2, -0.15) is 0 Å². The van der Waals surface area contributed by atoms with Crippen LogP contribution in [-0.2, 0) is 37.0 Å². The lowest BCUT2D eigenvalue weighted by Gasteiger charge is -2.72. The molecule has 65 heavy (non-hydrogen) atoms. The van der Waals surface area contributed by atoms with Crippen molar-refractivity contribution >= 4 is 29.8 Å². The maximum atomic E-state index is 15.0. The molecule has 11 nitrogen and oxygen atoms in total. The van der Waals surface area contributed by atoms with Gasteiger partial charge in [0.2, 0.25) is 5.91 Å². The summed E-state index contributed by atoms with van der Waals surface area (Å²) in [6, 6.07) is 16.8. The second-order valence-electron chi connectivity index (χ2n) is 22.6. The molecule has 7 rings (SSSR count). The molecule has 4 N–H and O–H groups in total. The molecule has 5 aliphatic carbocycles. The molecular weight excluding hydrogens is 819 g/mol. The Hall–Kier alpha value is -4.67. The SMILES string of the molecule is C=C(C)[C@@H]1CC[C@]2(C(=O)NCc3ccccc3C(=O)NCCNC(=O)OCc3ccccc3)CC[C@]3(C)[C@H](CC[C@@H]4[C@@]5(C)CC[C@H](OC(=O)CC(C)(C)C(=O)O)C(C)(C)[C@@H]5CC[C@]43C)[C@@H]12. The summed E-state index contributed by atoms with van der Waals surface area (Å²) in [5.41, 5.74) is 1.45. The van der Waals surface area contributed by atoms with E-state index in [2.05, 4.69) is 64.1 Å². The molecule has 0 saturated heterocycles. The number of benzene rings is 2. The lowest BCUT2D eigenvalue weighted by Crippen LogP contribution is -2.67. The number of esters is 1. The van der Waals surface area contributed by atoms with Crippen LogP contribution in [0.5, 0.6) is 0 Å². The van der Waals surface area contributed by atoms with Crippen LogP contribution in [0, 0.1) is 62.1 Å². The van der Waals surface area contributed by atoms with Crippen LogP contribution < -0.4 is 16.0 Å². The van der Waals surface area contributed by atoms with Crippen LogP contribution in [0.15, 0.2) is 66.7 Å². The van der Waals surface area contributed by atoms with Gasteiger partial charge in [0.05, 0.1) is 17.3 Å². The molecule has 11 heteroatoms. The Bertz CT molecular complexity index is 2150. The maximum Gasteiger partial charge on any atom is 0.407 e. The van der Waals surface area contributed by atoms with E-state index in [4.69, 9.17) is 9.47 Å². The van der Waals surface area contributed by atoms with Crippen molar-refractivity contribution < 1.29 is 38.6 Å². The van der Waals surface area contributed by atoms with Gasteiger partial charge in [0.15, 0.2) is 0 Å². The molecule has 0 unspecified atom stereocenters. The van der Waals surface area contributed by atoms with Crippen LogP contribution in [0.4, 0.5) is 4.79 Å². The van der Waals surface area contributed by atoms with Gasteiger partial charge in [0, 0.05) is 30.6 Å². The normalized spacial score (nSPS) is 33.4. The van der Waals surface area contributed by atoms with Crippen molar-refractivity contribution in [2.24, 2.45) is 62.1 Å². The summed E-state index contributed by atoms with van der Waals surface area (Å²) < 4.78 is 11.5. The van der Waals surface area contributed by atoms with E-state index in [1.54, 1.807) is 19.9 Å². The molecule has 5 fully saturated rings. The van der Waals surface area contributed by atoms with Crippen LogP contribution in [0.3, 0.4) is 0 Å². The molecule has 2 aromatic carbocycles. The molecule has 0 bridgehead atoms. The highest BCUT2D eigenvalue weighted by atomic mass is 16.6. The lowest BCUT2D eigenvalue weighted by molar-refractivity contribution is -0.249. The van der Waals surface area contributed by atoms with Gasteiger partial charge in [-0.05, 0) is 148 Å². The largest absolute Gasteiger partial charge is 0.481 e. The van der Waals surface area contributed by atoms with Crippen LogP contribution in [-0.4, -0.2) is 54.1 Å². The third kappa shape index (κ3) is 8.74. The molecule has 0 spiro atoms. The van der Waals surface area contributed by atoms with E-state index < -0.39 is 28.9 Å². The van der Waals surface area contributed by atoms with Crippen LogP contribution in [0.2, 0.25) is 0 Å². The Morgan fingerprint density at radius 1 is 0.769 bits per heavy atom. The van der Waals surface area contributed by atoms with Crippen molar-refractivity contribution in [1.82, 2.24) is 16.0 Å². The topological polar surface area (TPSA) is 160 Å². The second kappa shape index (κ2) is 18.2. The fourth-order valence-electron chi connectivity index (χ4n) is 14.8. The number of aliphatic carboxylic acids is 1. The smallest absolute Gasteiger partial charge is 0.407 e. The number of carbonyl (C=O) groups is 5. The van der Waals surface area contributed by atoms with Crippen molar-refractivity contribution in [3.63, 3.8) is 0 Å². The van der Waals surface area contributed by atoms with E-state index in [1.165, 1.54) is 5.57 Å². The van der Waals surface area contributed by atoms with Gasteiger partial charge < -0.3 is 30.5 Å². The van der Waals surface area contributed by atoms with Gasteiger partial charge in [-0.15, -0.1) is 0 Å². The van der Waals surface area contributed by atoms with E-state index >= 15 is 0 Å². The zero-order valence-corrected chi connectivity index (χ0v) is 40.3. The Labute approximate surface area is 387 Å². The van der Waals surface area contributed by atoms with Gasteiger partial charge in [-0.25, -0.2) is 4.79 Å². The minimum absolute atomic E-state index is 0.0183. The molecule has 0 heterocycles. The Kier molecular flexibility index (Phi) is 13.5. The summed E-state index contributed by atoms with van der Waals surface area (Å²) in [5, 5.41) is 18.6. The van der Waals surface area contributed by atoms with Crippen molar-refractivity contribution in [3.8, 4) is 0 Å². The number of allylic oxidation sites excluding steroid dienone is 1. The van der Waals surface area contributed by atoms with Crippen LogP contribution >= 0.6 is 0 Å². The molecular formula is C54H75N3O8. The molecule has 0 aliphatic heterocycles. The summed E-state index contributed by atoms with van der Waals surface area (Å²) in [6.45, 7) is 22.9. The zero-order valence-electron chi connectivity index (χ0n) is 40.3. The van der Waals surface area contributed by atoms with Crippen molar-refractivity contribution in [2.75, 3.05) is 13.1 Å². The molecule has 0 radical (unpaired) electrons. The molecule has 5 saturated carbocycles. The number of ether oxygens (including phenoxy) is 2. The minimum atomic E-state index is -1.18. The van der Waals surface area contributed by atoms with Crippen LogP contribution in [0.25, 0.3) is 0 Å². The monoisotopic (exact) mass is 894 g/mol. The zero-order chi connectivity index (χ0) is 47.2. The fraction of sp³-hybridized carbons (Fsp3) is 0.648. The number of alkyl carbamates (subject to hydrolysis) is 1. The number of nitrogens with one attached hydrogen (secondary N) is 3. The lowest BCUT2D eigenvalue weighted by atomic mass is 9.32. The summed E-state index contributed by atoms with van der Waals surface area (Å²) in [7, 11) is 0. The third-order valence-corrected chi connectivity index (χ3v) is 18.5. The summed E-state index contributed by atoms with van der Waals surface area (Å²) in [4.78, 5) is 65.6. The number of hydrogen-bond donors (Lipinski definition) is 4. The van der Waals surface area contributed by atoms with Gasteiger partial charge in [0.25, 0.3) is 5.91 Å². The van der Waals surface area contributed by atoms with Gasteiger partial charge in [0.1, 0.15) is 12.7 Å². The quantitative estimate of drug-likeness (QED) is 0.0829. The summed E-state index contributed by atoms with van der Waals surface area (Å²) >= 11 is 0. The predicted molar refractivity (Wildman–Crippen MR) is 250 cm³/mol. The number of carboxylic acid groups (broad SMARTS) is 1. The molecule has 10 atom stereocenters. The molecule has 0 aromatic heterocycles. The highest BCUT2D eigenvalue weighted by molar-refractivity contribution is 5.96.